The van der Waals surface area contributed by atoms with E-state index >= 15 is 0 Å². The van der Waals surface area contributed by atoms with Crippen molar-refractivity contribution in [3.05, 3.63) is 42.5 Å². The maximum Gasteiger partial charge on any atom is 0.227 e. The van der Waals surface area contributed by atoms with Crippen LogP contribution in [0.1, 0.15) is 0 Å². The first kappa shape index (κ1) is 11.6. The molecule has 0 atom stereocenters. The average molecular weight is 255 g/mol. The number of oxazole rings is 1. The minimum Gasteiger partial charge on any atom is -0.493 e. The number of nitrogens with zero attached hydrogens (tertiary/aromatic N) is 1. The number of fused-ring (bicyclic) bond motifs is 1. The highest BCUT2D eigenvalue weighted by Crippen LogP contribution is 2.34. The van der Waals surface area contributed by atoms with Gasteiger partial charge in [-0.25, -0.2) is 4.98 Å². The molecule has 1 aromatic heterocycles. The number of rotatable bonds is 3. The maximum absolute atomic E-state index is 5.75. The van der Waals surface area contributed by atoms with Gasteiger partial charge in [-0.2, -0.15) is 0 Å². The Bertz CT molecular complexity index is 663. The zero-order valence-electron chi connectivity index (χ0n) is 10.7. The van der Waals surface area contributed by atoms with E-state index in [-0.39, 0.29) is 0 Å². The molecule has 0 aliphatic rings. The lowest BCUT2D eigenvalue weighted by Gasteiger charge is -2.05. The van der Waals surface area contributed by atoms with Gasteiger partial charge < -0.3 is 13.9 Å². The van der Waals surface area contributed by atoms with Gasteiger partial charge in [0, 0.05) is 17.7 Å². The van der Waals surface area contributed by atoms with E-state index in [2.05, 4.69) is 4.98 Å². The van der Waals surface area contributed by atoms with Crippen LogP contribution >= 0.6 is 0 Å². The molecule has 1 heterocycles. The standard InChI is InChI=1S/C15H13NO3/c1-17-13-8-11-12(9-14(13)18-2)19-15(16-11)10-6-4-3-5-7-10/h3-9H,1-2H3. The number of hydrogen-bond acceptors (Lipinski definition) is 4. The van der Waals surface area contributed by atoms with Crippen LogP contribution < -0.4 is 9.47 Å². The lowest BCUT2D eigenvalue weighted by molar-refractivity contribution is 0.355. The van der Waals surface area contributed by atoms with Crippen molar-refractivity contribution in [3.8, 4) is 23.0 Å². The molecule has 0 N–H and O–H groups in total. The Labute approximate surface area is 110 Å². The molecule has 3 aromatic rings. The van der Waals surface area contributed by atoms with Gasteiger partial charge in [-0.1, -0.05) is 18.2 Å². The van der Waals surface area contributed by atoms with E-state index in [0.717, 1.165) is 11.1 Å². The van der Waals surface area contributed by atoms with Gasteiger partial charge in [0.2, 0.25) is 5.89 Å². The molecule has 19 heavy (non-hydrogen) atoms. The molecule has 0 radical (unpaired) electrons. The summed E-state index contributed by atoms with van der Waals surface area (Å²) in [5, 5.41) is 0. The molecule has 0 bridgehead atoms. The van der Waals surface area contributed by atoms with Crippen LogP contribution in [0.2, 0.25) is 0 Å². The Morgan fingerprint density at radius 2 is 1.63 bits per heavy atom. The molecular formula is C15H13NO3. The normalized spacial score (nSPS) is 10.6. The van der Waals surface area contributed by atoms with Crippen molar-refractivity contribution in [2.75, 3.05) is 14.2 Å². The molecule has 0 amide bonds. The number of hydrogen-bond donors (Lipinski definition) is 0. The van der Waals surface area contributed by atoms with Crippen molar-refractivity contribution in [3.63, 3.8) is 0 Å². The molecule has 96 valence electrons. The number of methoxy groups -OCH3 is 2. The lowest BCUT2D eigenvalue weighted by atomic mass is 10.2. The Morgan fingerprint density at radius 1 is 0.947 bits per heavy atom. The van der Waals surface area contributed by atoms with Crippen molar-refractivity contribution in [2.24, 2.45) is 0 Å². The van der Waals surface area contributed by atoms with Crippen molar-refractivity contribution in [1.29, 1.82) is 0 Å². The van der Waals surface area contributed by atoms with E-state index in [1.165, 1.54) is 0 Å². The minimum atomic E-state index is 0.589. The summed E-state index contributed by atoms with van der Waals surface area (Å²) in [6.07, 6.45) is 0. The zero-order chi connectivity index (χ0) is 13.2. The average Bonchev–Trinajstić information content (AvgIpc) is 2.89. The third-order valence-electron chi connectivity index (χ3n) is 2.91. The fourth-order valence-corrected chi connectivity index (χ4v) is 1.96. The smallest absolute Gasteiger partial charge is 0.227 e. The van der Waals surface area contributed by atoms with E-state index in [4.69, 9.17) is 13.9 Å². The van der Waals surface area contributed by atoms with Crippen LogP contribution in [0.5, 0.6) is 11.5 Å². The van der Waals surface area contributed by atoms with Gasteiger partial charge in [0.05, 0.1) is 14.2 Å². The Morgan fingerprint density at radius 3 is 2.32 bits per heavy atom. The van der Waals surface area contributed by atoms with Gasteiger partial charge in [-0.05, 0) is 12.1 Å². The predicted molar refractivity (Wildman–Crippen MR) is 72.5 cm³/mol. The number of aromatic nitrogens is 1. The lowest BCUT2D eigenvalue weighted by Crippen LogP contribution is -1.89. The molecule has 3 rings (SSSR count). The molecule has 0 aliphatic heterocycles. The quantitative estimate of drug-likeness (QED) is 0.718. The molecule has 4 heteroatoms. The molecular weight excluding hydrogens is 242 g/mol. The molecule has 0 saturated carbocycles. The summed E-state index contributed by atoms with van der Waals surface area (Å²) in [6, 6.07) is 13.4. The third-order valence-corrected chi connectivity index (χ3v) is 2.91. The summed E-state index contributed by atoms with van der Waals surface area (Å²) in [5.74, 6) is 1.86. The van der Waals surface area contributed by atoms with Gasteiger partial charge >= 0.3 is 0 Å². The summed E-state index contributed by atoms with van der Waals surface area (Å²) < 4.78 is 16.2. The fraction of sp³-hybridized carbons (Fsp3) is 0.133. The molecule has 0 saturated heterocycles. The molecule has 0 fully saturated rings. The SMILES string of the molecule is COc1cc2nc(-c3ccccc3)oc2cc1OC. The molecule has 0 unspecified atom stereocenters. The zero-order valence-corrected chi connectivity index (χ0v) is 10.7. The Hall–Kier alpha value is -2.49. The van der Waals surface area contributed by atoms with Gasteiger partial charge in [0.25, 0.3) is 0 Å². The van der Waals surface area contributed by atoms with E-state index in [9.17, 15) is 0 Å². The second-order valence-corrected chi connectivity index (χ2v) is 4.06. The van der Waals surface area contributed by atoms with Crippen LogP contribution in [0.15, 0.2) is 46.9 Å². The topological polar surface area (TPSA) is 44.5 Å². The van der Waals surface area contributed by atoms with Crippen LogP contribution in [-0.2, 0) is 0 Å². The monoisotopic (exact) mass is 255 g/mol. The fourth-order valence-electron chi connectivity index (χ4n) is 1.96. The van der Waals surface area contributed by atoms with Crippen molar-refractivity contribution in [2.45, 2.75) is 0 Å². The highest BCUT2D eigenvalue weighted by Gasteiger charge is 2.12. The summed E-state index contributed by atoms with van der Waals surface area (Å²) in [4.78, 5) is 4.46. The van der Waals surface area contributed by atoms with Crippen molar-refractivity contribution in [1.82, 2.24) is 4.98 Å². The van der Waals surface area contributed by atoms with Crippen molar-refractivity contribution < 1.29 is 13.9 Å². The van der Waals surface area contributed by atoms with Crippen LogP contribution in [0.3, 0.4) is 0 Å². The first-order chi connectivity index (χ1) is 9.31. The highest BCUT2D eigenvalue weighted by atomic mass is 16.5. The van der Waals surface area contributed by atoms with Crippen LogP contribution in [0.25, 0.3) is 22.6 Å². The number of ether oxygens (including phenoxy) is 2. The molecule has 2 aromatic carbocycles. The molecule has 0 spiro atoms. The summed E-state index contributed by atoms with van der Waals surface area (Å²) in [7, 11) is 3.19. The molecule has 4 nitrogen and oxygen atoms in total. The second kappa shape index (κ2) is 4.65. The second-order valence-electron chi connectivity index (χ2n) is 4.06. The first-order valence-electron chi connectivity index (χ1n) is 5.90. The minimum absolute atomic E-state index is 0.589. The summed E-state index contributed by atoms with van der Waals surface area (Å²) >= 11 is 0. The summed E-state index contributed by atoms with van der Waals surface area (Å²) in [6.45, 7) is 0. The molecule has 0 aliphatic carbocycles. The van der Waals surface area contributed by atoms with E-state index < -0.39 is 0 Å². The van der Waals surface area contributed by atoms with Crippen LogP contribution in [0.4, 0.5) is 0 Å². The number of benzene rings is 2. The third kappa shape index (κ3) is 2.01. The van der Waals surface area contributed by atoms with E-state index in [0.29, 0.717) is 23.0 Å². The van der Waals surface area contributed by atoms with Gasteiger partial charge in [0.1, 0.15) is 5.52 Å². The van der Waals surface area contributed by atoms with E-state index in [1.807, 2.05) is 36.4 Å². The van der Waals surface area contributed by atoms with Crippen LogP contribution in [-0.4, -0.2) is 19.2 Å². The Balaban J connectivity index is 2.16. The first-order valence-corrected chi connectivity index (χ1v) is 5.90. The summed E-state index contributed by atoms with van der Waals surface area (Å²) in [5.41, 5.74) is 2.37. The highest BCUT2D eigenvalue weighted by molar-refractivity contribution is 5.80. The van der Waals surface area contributed by atoms with Crippen LogP contribution in [0, 0.1) is 0 Å². The van der Waals surface area contributed by atoms with Gasteiger partial charge in [-0.15, -0.1) is 0 Å². The predicted octanol–water partition coefficient (Wildman–Crippen LogP) is 3.51. The maximum atomic E-state index is 5.75. The van der Waals surface area contributed by atoms with Gasteiger partial charge in [0.15, 0.2) is 17.1 Å². The van der Waals surface area contributed by atoms with Crippen molar-refractivity contribution >= 4 is 11.1 Å². The largest absolute Gasteiger partial charge is 0.493 e. The Kier molecular flexibility index (Phi) is 2.83. The van der Waals surface area contributed by atoms with E-state index in [1.54, 1.807) is 20.3 Å². The van der Waals surface area contributed by atoms with Gasteiger partial charge in [-0.3, -0.25) is 0 Å².